The van der Waals surface area contributed by atoms with Crippen molar-refractivity contribution in [2.75, 3.05) is 10.0 Å². The average Bonchev–Trinajstić information content (AvgIpc) is 2.65. The Balaban J connectivity index is 1.83. The number of hydrogen-bond donors (Lipinski definition) is 2. The van der Waals surface area contributed by atoms with Gasteiger partial charge in [0, 0.05) is 0 Å². The molecular weight excluding hydrogens is 410 g/mol. The number of sulfonamides is 1. The molecule has 144 valence electrons. The molecule has 3 rings (SSSR count). The van der Waals surface area contributed by atoms with Gasteiger partial charge in [0.05, 0.1) is 26.9 Å². The fraction of sp³-hybridized carbons (Fsp3) is 0. The number of nitrogens with one attached hydrogen (secondary N) is 2. The SMILES string of the molecule is O=C(Nc1ccc(S(=O)(=O)Nc2ccccc2F)cc1F)c1ccccc1Cl. The summed E-state index contributed by atoms with van der Waals surface area (Å²) in [5, 5.41) is 2.52. The van der Waals surface area contributed by atoms with E-state index in [-0.39, 0.29) is 22.0 Å². The molecule has 5 nitrogen and oxygen atoms in total. The number of carbonyl (C=O) groups excluding carboxylic acids is 1. The van der Waals surface area contributed by atoms with Gasteiger partial charge in [0.15, 0.2) is 0 Å². The summed E-state index contributed by atoms with van der Waals surface area (Å²) < 4.78 is 54.8. The van der Waals surface area contributed by atoms with E-state index in [4.69, 9.17) is 11.6 Å². The molecule has 0 aliphatic rings. The molecule has 28 heavy (non-hydrogen) atoms. The van der Waals surface area contributed by atoms with Crippen molar-refractivity contribution < 1.29 is 22.0 Å². The van der Waals surface area contributed by atoms with Gasteiger partial charge >= 0.3 is 0 Å². The highest BCUT2D eigenvalue weighted by molar-refractivity contribution is 7.92. The zero-order valence-corrected chi connectivity index (χ0v) is 15.7. The summed E-state index contributed by atoms with van der Waals surface area (Å²) in [5.41, 5.74) is -0.352. The molecule has 0 aromatic heterocycles. The molecule has 0 radical (unpaired) electrons. The number of hydrogen-bond acceptors (Lipinski definition) is 3. The minimum Gasteiger partial charge on any atom is -0.319 e. The van der Waals surface area contributed by atoms with Gasteiger partial charge in [0.2, 0.25) is 0 Å². The number of halogens is 3. The van der Waals surface area contributed by atoms with Crippen molar-refractivity contribution in [3.63, 3.8) is 0 Å². The molecule has 0 heterocycles. The first-order valence-electron chi connectivity index (χ1n) is 7.91. The first-order valence-corrected chi connectivity index (χ1v) is 9.77. The van der Waals surface area contributed by atoms with Crippen molar-refractivity contribution in [2.24, 2.45) is 0 Å². The van der Waals surface area contributed by atoms with E-state index >= 15 is 0 Å². The summed E-state index contributed by atoms with van der Waals surface area (Å²) in [7, 11) is -4.23. The second kappa shape index (κ2) is 7.95. The van der Waals surface area contributed by atoms with Crippen LogP contribution in [0, 0.1) is 11.6 Å². The zero-order valence-electron chi connectivity index (χ0n) is 14.1. The van der Waals surface area contributed by atoms with Crippen LogP contribution in [-0.4, -0.2) is 14.3 Å². The molecule has 1 amide bonds. The molecule has 0 atom stereocenters. The van der Waals surface area contributed by atoms with Gasteiger partial charge in [0.25, 0.3) is 15.9 Å². The van der Waals surface area contributed by atoms with Gasteiger partial charge in [-0.05, 0) is 42.5 Å². The summed E-state index contributed by atoms with van der Waals surface area (Å²) in [5.74, 6) is -2.39. The third-order valence-corrected chi connectivity index (χ3v) is 5.43. The maximum atomic E-state index is 14.4. The van der Waals surface area contributed by atoms with Gasteiger partial charge in [-0.25, -0.2) is 17.2 Å². The largest absolute Gasteiger partial charge is 0.319 e. The normalized spacial score (nSPS) is 11.1. The summed E-state index contributed by atoms with van der Waals surface area (Å²) >= 11 is 5.93. The minimum absolute atomic E-state index is 0.140. The van der Waals surface area contributed by atoms with E-state index in [1.54, 1.807) is 12.1 Å². The van der Waals surface area contributed by atoms with Crippen molar-refractivity contribution in [1.29, 1.82) is 0 Å². The van der Waals surface area contributed by atoms with E-state index in [2.05, 4.69) is 5.32 Å². The van der Waals surface area contributed by atoms with Crippen LogP contribution in [0.3, 0.4) is 0 Å². The van der Waals surface area contributed by atoms with Crippen LogP contribution in [0.1, 0.15) is 10.4 Å². The molecular formula is C19H13ClF2N2O3S. The lowest BCUT2D eigenvalue weighted by Gasteiger charge is -2.11. The van der Waals surface area contributed by atoms with E-state index in [0.717, 1.165) is 24.3 Å². The summed E-state index contributed by atoms with van der Waals surface area (Å²) in [6.45, 7) is 0. The smallest absolute Gasteiger partial charge is 0.262 e. The van der Waals surface area contributed by atoms with E-state index < -0.39 is 32.5 Å². The number of para-hydroxylation sites is 1. The molecule has 9 heteroatoms. The van der Waals surface area contributed by atoms with Crippen LogP contribution in [0.5, 0.6) is 0 Å². The molecule has 0 aliphatic carbocycles. The highest BCUT2D eigenvalue weighted by atomic mass is 35.5. The van der Waals surface area contributed by atoms with Crippen molar-refractivity contribution in [2.45, 2.75) is 4.90 Å². The molecule has 0 aliphatic heterocycles. The van der Waals surface area contributed by atoms with Crippen LogP contribution in [-0.2, 0) is 10.0 Å². The molecule has 0 unspecified atom stereocenters. The highest BCUT2D eigenvalue weighted by Gasteiger charge is 2.19. The summed E-state index contributed by atoms with van der Waals surface area (Å²) in [4.78, 5) is 11.8. The number of anilines is 2. The fourth-order valence-electron chi connectivity index (χ4n) is 2.35. The lowest BCUT2D eigenvalue weighted by molar-refractivity contribution is 0.102. The summed E-state index contributed by atoms with van der Waals surface area (Å²) in [6, 6.07) is 14.3. The first kappa shape index (κ1) is 19.8. The van der Waals surface area contributed by atoms with Gasteiger partial charge in [-0.1, -0.05) is 35.9 Å². The first-order chi connectivity index (χ1) is 13.3. The van der Waals surface area contributed by atoms with Crippen molar-refractivity contribution in [1.82, 2.24) is 0 Å². The Bertz CT molecular complexity index is 1150. The van der Waals surface area contributed by atoms with Crippen molar-refractivity contribution in [3.8, 4) is 0 Å². The van der Waals surface area contributed by atoms with E-state index in [0.29, 0.717) is 0 Å². The Morgan fingerprint density at radius 1 is 0.857 bits per heavy atom. The van der Waals surface area contributed by atoms with Crippen LogP contribution in [0.15, 0.2) is 71.6 Å². The Hall–Kier alpha value is -2.97. The monoisotopic (exact) mass is 422 g/mol. The predicted molar refractivity (Wildman–Crippen MR) is 103 cm³/mol. The lowest BCUT2D eigenvalue weighted by atomic mass is 10.2. The van der Waals surface area contributed by atoms with E-state index in [1.807, 2.05) is 4.72 Å². The second-order valence-electron chi connectivity index (χ2n) is 5.66. The van der Waals surface area contributed by atoms with Crippen LogP contribution < -0.4 is 10.0 Å². The standard InChI is InChI=1S/C19H13ClF2N2O3S/c20-14-6-2-1-5-13(14)19(25)23-17-10-9-12(11-16(17)22)28(26,27)24-18-8-4-3-7-15(18)21/h1-11,24H,(H,23,25). The molecule has 3 aromatic carbocycles. The van der Waals surface area contributed by atoms with Gasteiger partial charge in [-0.15, -0.1) is 0 Å². The average molecular weight is 423 g/mol. The number of amides is 1. The number of carbonyl (C=O) groups is 1. The molecule has 0 saturated heterocycles. The Labute approximate surface area is 165 Å². The maximum absolute atomic E-state index is 14.4. The lowest BCUT2D eigenvalue weighted by Crippen LogP contribution is -2.16. The Morgan fingerprint density at radius 3 is 2.21 bits per heavy atom. The second-order valence-corrected chi connectivity index (χ2v) is 7.75. The van der Waals surface area contributed by atoms with Crippen LogP contribution in [0.4, 0.5) is 20.2 Å². The maximum Gasteiger partial charge on any atom is 0.262 e. The molecule has 2 N–H and O–H groups in total. The minimum atomic E-state index is -4.23. The van der Waals surface area contributed by atoms with Crippen LogP contribution >= 0.6 is 11.6 Å². The van der Waals surface area contributed by atoms with E-state index in [9.17, 15) is 22.0 Å². The van der Waals surface area contributed by atoms with Gasteiger partial charge < -0.3 is 5.32 Å². The molecule has 0 bridgehead atoms. The van der Waals surface area contributed by atoms with Crippen LogP contribution in [0.25, 0.3) is 0 Å². The fourth-order valence-corrected chi connectivity index (χ4v) is 3.65. The van der Waals surface area contributed by atoms with Gasteiger partial charge in [0.1, 0.15) is 11.6 Å². The van der Waals surface area contributed by atoms with Gasteiger partial charge in [-0.2, -0.15) is 0 Å². The third-order valence-electron chi connectivity index (χ3n) is 3.74. The van der Waals surface area contributed by atoms with E-state index in [1.165, 1.54) is 30.3 Å². The number of rotatable bonds is 5. The summed E-state index contributed by atoms with van der Waals surface area (Å²) in [6.07, 6.45) is 0. The predicted octanol–water partition coefficient (Wildman–Crippen LogP) is 4.67. The van der Waals surface area contributed by atoms with Crippen LogP contribution in [0.2, 0.25) is 5.02 Å². The molecule has 0 spiro atoms. The molecule has 3 aromatic rings. The molecule has 0 fully saturated rings. The topological polar surface area (TPSA) is 75.3 Å². The number of benzene rings is 3. The van der Waals surface area contributed by atoms with Gasteiger partial charge in [-0.3, -0.25) is 9.52 Å². The van der Waals surface area contributed by atoms with Crippen molar-refractivity contribution >= 4 is 38.9 Å². The Kier molecular flexibility index (Phi) is 5.62. The molecule has 0 saturated carbocycles. The highest BCUT2D eigenvalue weighted by Crippen LogP contribution is 2.24. The Morgan fingerprint density at radius 2 is 1.54 bits per heavy atom. The zero-order chi connectivity index (χ0) is 20.3. The quantitative estimate of drug-likeness (QED) is 0.627. The van der Waals surface area contributed by atoms with Crippen molar-refractivity contribution in [3.05, 3.63) is 89.0 Å². The third kappa shape index (κ3) is 4.29.